The molecule has 1 aromatic rings. The average Bonchev–Trinajstić information content (AvgIpc) is 2.73. The number of carbonyl (C=O) groups excluding carboxylic acids is 4. The molecule has 0 atom stereocenters. The second kappa shape index (κ2) is 10.8. The van der Waals surface area contributed by atoms with Crippen LogP contribution in [0.1, 0.15) is 41.3 Å². The van der Waals surface area contributed by atoms with E-state index in [4.69, 9.17) is 4.74 Å². The van der Waals surface area contributed by atoms with Crippen molar-refractivity contribution in [2.45, 2.75) is 33.6 Å². The van der Waals surface area contributed by atoms with Gasteiger partial charge in [-0.25, -0.2) is 0 Å². The van der Waals surface area contributed by atoms with Crippen molar-refractivity contribution < 1.29 is 23.9 Å². The molecule has 0 unspecified atom stereocenters. The number of rotatable bonds is 7. The SMILES string of the molecule is CCOC(=O)C1CCN(C(=O)CN(C)C(=O)CNC(=O)c2ccc(C)c(C)c2)CC1. The van der Waals surface area contributed by atoms with E-state index in [1.807, 2.05) is 19.9 Å². The number of benzene rings is 1. The van der Waals surface area contributed by atoms with Crippen LogP contribution in [0.3, 0.4) is 0 Å². The summed E-state index contributed by atoms with van der Waals surface area (Å²) in [6.07, 6.45) is 1.13. The molecular formula is C22H31N3O5. The van der Waals surface area contributed by atoms with Gasteiger partial charge in [-0.05, 0) is 56.9 Å². The van der Waals surface area contributed by atoms with Crippen molar-refractivity contribution in [1.29, 1.82) is 0 Å². The molecule has 8 heteroatoms. The Bertz CT molecular complexity index is 800. The highest BCUT2D eigenvalue weighted by atomic mass is 16.5. The summed E-state index contributed by atoms with van der Waals surface area (Å²) >= 11 is 0. The highest BCUT2D eigenvalue weighted by molar-refractivity contribution is 5.97. The Morgan fingerprint density at radius 2 is 1.80 bits per heavy atom. The molecule has 164 valence electrons. The zero-order chi connectivity index (χ0) is 22.3. The Hall–Kier alpha value is -2.90. The molecule has 1 fully saturated rings. The van der Waals surface area contributed by atoms with Crippen LogP contribution in [-0.2, 0) is 19.1 Å². The van der Waals surface area contributed by atoms with E-state index in [0.717, 1.165) is 11.1 Å². The Morgan fingerprint density at radius 1 is 1.13 bits per heavy atom. The van der Waals surface area contributed by atoms with Gasteiger partial charge < -0.3 is 19.9 Å². The molecule has 1 heterocycles. The lowest BCUT2D eigenvalue weighted by Crippen LogP contribution is -2.47. The number of likely N-dealkylation sites (tertiary alicyclic amines) is 1. The van der Waals surface area contributed by atoms with Crippen LogP contribution >= 0.6 is 0 Å². The summed E-state index contributed by atoms with van der Waals surface area (Å²) in [6.45, 7) is 6.70. The second-order valence-corrected chi connectivity index (χ2v) is 7.64. The number of nitrogens with zero attached hydrogens (tertiary/aromatic N) is 2. The molecule has 8 nitrogen and oxygen atoms in total. The molecule has 0 spiro atoms. The molecule has 1 aliphatic heterocycles. The van der Waals surface area contributed by atoms with E-state index in [1.165, 1.54) is 11.9 Å². The van der Waals surface area contributed by atoms with Crippen molar-refractivity contribution in [3.63, 3.8) is 0 Å². The lowest BCUT2D eigenvalue weighted by atomic mass is 9.97. The summed E-state index contributed by atoms with van der Waals surface area (Å²) < 4.78 is 5.03. The summed E-state index contributed by atoms with van der Waals surface area (Å²) in [5.41, 5.74) is 2.59. The van der Waals surface area contributed by atoms with E-state index in [9.17, 15) is 19.2 Å². The van der Waals surface area contributed by atoms with Crippen LogP contribution in [-0.4, -0.2) is 73.3 Å². The molecule has 0 saturated carbocycles. The molecule has 1 N–H and O–H groups in total. The van der Waals surface area contributed by atoms with Gasteiger partial charge in [0.25, 0.3) is 5.91 Å². The molecular weight excluding hydrogens is 386 g/mol. The minimum Gasteiger partial charge on any atom is -0.466 e. The zero-order valence-corrected chi connectivity index (χ0v) is 18.2. The Kier molecular flexibility index (Phi) is 8.38. The van der Waals surface area contributed by atoms with Crippen LogP contribution in [0.25, 0.3) is 0 Å². The predicted molar refractivity (Wildman–Crippen MR) is 112 cm³/mol. The van der Waals surface area contributed by atoms with Crippen molar-refractivity contribution in [2.24, 2.45) is 5.92 Å². The van der Waals surface area contributed by atoms with Crippen molar-refractivity contribution in [3.8, 4) is 0 Å². The molecule has 0 aliphatic carbocycles. The summed E-state index contributed by atoms with van der Waals surface area (Å²) in [6, 6.07) is 5.36. The van der Waals surface area contributed by atoms with Gasteiger partial charge in [-0.2, -0.15) is 0 Å². The monoisotopic (exact) mass is 417 g/mol. The van der Waals surface area contributed by atoms with Crippen LogP contribution < -0.4 is 5.32 Å². The fraction of sp³-hybridized carbons (Fsp3) is 0.545. The molecule has 1 aromatic carbocycles. The lowest BCUT2D eigenvalue weighted by Gasteiger charge is -2.32. The first-order chi connectivity index (χ1) is 14.2. The Balaban J connectivity index is 1.77. The number of ether oxygens (including phenoxy) is 1. The summed E-state index contributed by atoms with van der Waals surface area (Å²) in [5.74, 6) is -1.23. The molecule has 1 aliphatic rings. The minimum absolute atomic E-state index is 0.0670. The highest BCUT2D eigenvalue weighted by Gasteiger charge is 2.29. The van der Waals surface area contributed by atoms with Gasteiger partial charge in [-0.3, -0.25) is 19.2 Å². The van der Waals surface area contributed by atoms with Gasteiger partial charge in [0.05, 0.1) is 25.6 Å². The maximum Gasteiger partial charge on any atom is 0.309 e. The molecule has 3 amide bonds. The first-order valence-electron chi connectivity index (χ1n) is 10.3. The van der Waals surface area contributed by atoms with E-state index in [1.54, 1.807) is 24.0 Å². The summed E-state index contributed by atoms with van der Waals surface area (Å²) in [7, 11) is 1.54. The van der Waals surface area contributed by atoms with Gasteiger partial charge in [-0.15, -0.1) is 0 Å². The molecule has 0 aromatic heterocycles. The number of nitrogens with one attached hydrogen (secondary N) is 1. The van der Waals surface area contributed by atoms with E-state index >= 15 is 0 Å². The second-order valence-electron chi connectivity index (χ2n) is 7.64. The number of aryl methyl sites for hydroxylation is 2. The first-order valence-corrected chi connectivity index (χ1v) is 10.3. The molecule has 30 heavy (non-hydrogen) atoms. The van der Waals surface area contributed by atoms with E-state index < -0.39 is 0 Å². The van der Waals surface area contributed by atoms with Gasteiger partial charge >= 0.3 is 5.97 Å². The van der Waals surface area contributed by atoms with Crippen LogP contribution in [0, 0.1) is 19.8 Å². The zero-order valence-electron chi connectivity index (χ0n) is 18.2. The maximum absolute atomic E-state index is 12.5. The van der Waals surface area contributed by atoms with Gasteiger partial charge in [0.2, 0.25) is 11.8 Å². The molecule has 1 saturated heterocycles. The fourth-order valence-corrected chi connectivity index (χ4v) is 3.29. The van der Waals surface area contributed by atoms with Crippen LogP contribution in [0.5, 0.6) is 0 Å². The number of likely N-dealkylation sites (N-methyl/N-ethyl adjacent to an activating group) is 1. The maximum atomic E-state index is 12.5. The predicted octanol–water partition coefficient (Wildman–Crippen LogP) is 1.29. The fourth-order valence-electron chi connectivity index (χ4n) is 3.29. The van der Waals surface area contributed by atoms with Gasteiger partial charge in [0, 0.05) is 25.7 Å². The van der Waals surface area contributed by atoms with Crippen molar-refractivity contribution >= 4 is 23.7 Å². The van der Waals surface area contributed by atoms with Crippen molar-refractivity contribution in [1.82, 2.24) is 15.1 Å². The summed E-state index contributed by atoms with van der Waals surface area (Å²) in [5, 5.41) is 2.60. The third-order valence-corrected chi connectivity index (χ3v) is 5.44. The Morgan fingerprint density at radius 3 is 2.40 bits per heavy atom. The van der Waals surface area contributed by atoms with Crippen molar-refractivity contribution in [3.05, 3.63) is 34.9 Å². The van der Waals surface area contributed by atoms with Gasteiger partial charge in [0.1, 0.15) is 0 Å². The quantitative estimate of drug-likeness (QED) is 0.675. The van der Waals surface area contributed by atoms with E-state index in [-0.39, 0.29) is 42.7 Å². The number of carbonyl (C=O) groups is 4. The molecule has 2 rings (SSSR count). The summed E-state index contributed by atoms with van der Waals surface area (Å²) in [4.78, 5) is 51.8. The topological polar surface area (TPSA) is 96.0 Å². The normalized spacial score (nSPS) is 14.2. The number of hydrogen-bond donors (Lipinski definition) is 1. The molecule has 0 bridgehead atoms. The number of amides is 3. The van der Waals surface area contributed by atoms with Crippen LogP contribution in [0.2, 0.25) is 0 Å². The van der Waals surface area contributed by atoms with E-state index in [0.29, 0.717) is 38.1 Å². The largest absolute Gasteiger partial charge is 0.466 e. The minimum atomic E-state index is -0.345. The first kappa shape index (κ1) is 23.4. The number of esters is 1. The van der Waals surface area contributed by atoms with E-state index in [2.05, 4.69) is 5.32 Å². The van der Waals surface area contributed by atoms with Crippen molar-refractivity contribution in [2.75, 3.05) is 39.8 Å². The number of hydrogen-bond acceptors (Lipinski definition) is 5. The van der Waals surface area contributed by atoms with Crippen LogP contribution in [0.4, 0.5) is 0 Å². The smallest absolute Gasteiger partial charge is 0.309 e. The number of piperidine rings is 1. The molecule has 0 radical (unpaired) electrons. The van der Waals surface area contributed by atoms with Gasteiger partial charge in [0.15, 0.2) is 0 Å². The average molecular weight is 418 g/mol. The highest BCUT2D eigenvalue weighted by Crippen LogP contribution is 2.19. The standard InChI is InChI=1S/C22H31N3O5/c1-5-30-22(29)17-8-10-25(11-9-17)20(27)14-24(4)19(26)13-23-21(28)18-7-6-15(2)16(3)12-18/h6-7,12,17H,5,8-11,13-14H2,1-4H3,(H,23,28). The third-order valence-electron chi connectivity index (χ3n) is 5.44. The van der Waals surface area contributed by atoms with Gasteiger partial charge in [-0.1, -0.05) is 6.07 Å². The third kappa shape index (κ3) is 6.30. The Labute approximate surface area is 177 Å². The lowest BCUT2D eigenvalue weighted by molar-refractivity contribution is -0.151. The van der Waals surface area contributed by atoms with Crippen LogP contribution in [0.15, 0.2) is 18.2 Å².